The number of fused-ring (bicyclic) bond motifs is 5. The molecule has 8 nitrogen and oxygen atoms in total. The standard InChI is InChI=1S/C23H18ClN3O5/c24-17-7-3-2-6-16(17)21(28)25(12-15-5-1-4-8-18(15)27(31)32)26-22(29)19-13-9-10-14(11-13)20(19)23(26)30/h1-10,13-14,19-20H,11-12H2/t13-,14-,19+,20+/m0/s1. The van der Waals surface area contributed by atoms with Crippen molar-refractivity contribution in [2.45, 2.75) is 13.0 Å². The van der Waals surface area contributed by atoms with Gasteiger partial charge in [0.1, 0.15) is 0 Å². The first-order chi connectivity index (χ1) is 15.4. The predicted octanol–water partition coefficient (Wildman–Crippen LogP) is 3.61. The number of hydrogen-bond acceptors (Lipinski definition) is 5. The lowest BCUT2D eigenvalue weighted by Crippen LogP contribution is -2.50. The summed E-state index contributed by atoms with van der Waals surface area (Å²) in [5.74, 6) is -2.65. The van der Waals surface area contributed by atoms with Crippen molar-refractivity contribution >= 4 is 35.0 Å². The van der Waals surface area contributed by atoms with E-state index in [1.807, 2.05) is 12.2 Å². The molecular formula is C23H18ClN3O5. The van der Waals surface area contributed by atoms with Gasteiger partial charge in [0, 0.05) is 6.07 Å². The summed E-state index contributed by atoms with van der Waals surface area (Å²) in [5.41, 5.74) is 0.105. The fraction of sp³-hybridized carbons (Fsp3) is 0.261. The zero-order valence-electron chi connectivity index (χ0n) is 16.8. The van der Waals surface area contributed by atoms with Gasteiger partial charge in [-0.05, 0) is 30.4 Å². The number of hydrazine groups is 1. The van der Waals surface area contributed by atoms with Crippen molar-refractivity contribution in [1.29, 1.82) is 0 Å². The predicted molar refractivity (Wildman–Crippen MR) is 114 cm³/mol. The van der Waals surface area contributed by atoms with Gasteiger partial charge in [0.2, 0.25) is 0 Å². The zero-order chi connectivity index (χ0) is 22.6. The van der Waals surface area contributed by atoms with E-state index < -0.39 is 34.5 Å². The maximum atomic E-state index is 13.5. The normalized spacial score (nSPS) is 25.3. The van der Waals surface area contributed by atoms with Crippen molar-refractivity contribution in [2.75, 3.05) is 0 Å². The van der Waals surface area contributed by atoms with Crippen molar-refractivity contribution in [2.24, 2.45) is 23.7 Å². The summed E-state index contributed by atoms with van der Waals surface area (Å²) in [5, 5.41) is 13.6. The van der Waals surface area contributed by atoms with Crippen LogP contribution in [0.25, 0.3) is 0 Å². The van der Waals surface area contributed by atoms with Gasteiger partial charge in [-0.25, -0.2) is 5.01 Å². The molecule has 0 spiro atoms. The molecule has 1 saturated carbocycles. The Bertz CT molecular complexity index is 1170. The van der Waals surface area contributed by atoms with Gasteiger partial charge in [-0.15, -0.1) is 0 Å². The van der Waals surface area contributed by atoms with Crippen LogP contribution in [0.5, 0.6) is 0 Å². The molecule has 2 aromatic rings. The van der Waals surface area contributed by atoms with E-state index >= 15 is 0 Å². The Labute approximate surface area is 188 Å². The lowest BCUT2D eigenvalue weighted by Gasteiger charge is -2.31. The van der Waals surface area contributed by atoms with E-state index in [0.29, 0.717) is 0 Å². The summed E-state index contributed by atoms with van der Waals surface area (Å²) in [6.45, 7) is -0.319. The van der Waals surface area contributed by atoms with Gasteiger partial charge >= 0.3 is 0 Å². The lowest BCUT2D eigenvalue weighted by molar-refractivity contribution is -0.385. The number of allylic oxidation sites excluding steroid dienone is 2. The Morgan fingerprint density at radius 2 is 1.62 bits per heavy atom. The van der Waals surface area contributed by atoms with Crippen LogP contribution in [0.2, 0.25) is 5.02 Å². The number of imide groups is 1. The van der Waals surface area contributed by atoms with Crippen LogP contribution < -0.4 is 0 Å². The highest BCUT2D eigenvalue weighted by molar-refractivity contribution is 6.33. The smallest absolute Gasteiger partial charge is 0.272 e. The molecule has 32 heavy (non-hydrogen) atoms. The van der Waals surface area contributed by atoms with Crippen molar-refractivity contribution in [3.8, 4) is 0 Å². The van der Waals surface area contributed by atoms with Crippen LogP contribution in [-0.2, 0) is 16.1 Å². The molecule has 2 bridgehead atoms. The van der Waals surface area contributed by atoms with Gasteiger partial charge < -0.3 is 0 Å². The number of rotatable bonds is 5. The number of benzene rings is 2. The summed E-state index contributed by atoms with van der Waals surface area (Å²) in [7, 11) is 0. The molecule has 4 atom stereocenters. The third-order valence-corrected chi connectivity index (χ3v) is 6.87. The monoisotopic (exact) mass is 451 g/mol. The zero-order valence-corrected chi connectivity index (χ0v) is 17.5. The van der Waals surface area contributed by atoms with Gasteiger partial charge in [-0.3, -0.25) is 24.5 Å². The average molecular weight is 452 g/mol. The number of nitrogens with zero attached hydrogens (tertiary/aromatic N) is 3. The van der Waals surface area contributed by atoms with Crippen LogP contribution in [0, 0.1) is 33.8 Å². The summed E-state index contributed by atoms with van der Waals surface area (Å²) in [4.78, 5) is 51.2. The second-order valence-corrected chi connectivity index (χ2v) is 8.62. The molecule has 0 radical (unpaired) electrons. The molecule has 0 N–H and O–H groups in total. The van der Waals surface area contributed by atoms with E-state index in [9.17, 15) is 24.5 Å². The fourth-order valence-electron chi connectivity index (χ4n) is 5.12. The van der Waals surface area contributed by atoms with Crippen LogP contribution >= 0.6 is 11.6 Å². The minimum absolute atomic E-state index is 0.0326. The van der Waals surface area contributed by atoms with Crippen LogP contribution in [0.1, 0.15) is 22.3 Å². The maximum absolute atomic E-state index is 13.5. The van der Waals surface area contributed by atoms with Crippen molar-refractivity contribution in [3.05, 3.63) is 86.9 Å². The molecule has 162 valence electrons. The summed E-state index contributed by atoms with van der Waals surface area (Å²) in [6.07, 6.45) is 4.68. The van der Waals surface area contributed by atoms with Crippen molar-refractivity contribution in [1.82, 2.24) is 10.0 Å². The molecular weight excluding hydrogens is 434 g/mol. The minimum atomic E-state index is -0.671. The Balaban J connectivity index is 1.57. The first-order valence-corrected chi connectivity index (χ1v) is 10.6. The lowest BCUT2D eigenvalue weighted by atomic mass is 9.85. The fourth-order valence-corrected chi connectivity index (χ4v) is 5.33. The minimum Gasteiger partial charge on any atom is -0.272 e. The van der Waals surface area contributed by atoms with Crippen LogP contribution in [0.15, 0.2) is 60.7 Å². The number of amides is 3. The molecule has 1 saturated heterocycles. The molecule has 1 aliphatic heterocycles. The number of carbonyl (C=O) groups excluding carboxylic acids is 3. The van der Waals surface area contributed by atoms with E-state index in [0.717, 1.165) is 16.4 Å². The Morgan fingerprint density at radius 3 is 2.25 bits per heavy atom. The van der Waals surface area contributed by atoms with Crippen LogP contribution in [0.4, 0.5) is 5.69 Å². The Kier molecular flexibility index (Phi) is 4.82. The quantitative estimate of drug-likeness (QED) is 0.299. The van der Waals surface area contributed by atoms with E-state index in [1.54, 1.807) is 18.2 Å². The topological polar surface area (TPSA) is 101 Å². The van der Waals surface area contributed by atoms with Crippen molar-refractivity contribution < 1.29 is 19.3 Å². The molecule has 3 aliphatic rings. The largest absolute Gasteiger partial charge is 0.274 e. The van der Waals surface area contributed by atoms with Gasteiger partial charge in [0.05, 0.1) is 39.5 Å². The van der Waals surface area contributed by atoms with E-state index in [-0.39, 0.29) is 40.2 Å². The molecule has 3 amide bonds. The van der Waals surface area contributed by atoms with E-state index in [2.05, 4.69) is 0 Å². The number of carbonyl (C=O) groups is 3. The maximum Gasteiger partial charge on any atom is 0.274 e. The van der Waals surface area contributed by atoms with Crippen LogP contribution in [-0.4, -0.2) is 32.7 Å². The highest BCUT2D eigenvalue weighted by atomic mass is 35.5. The molecule has 2 fully saturated rings. The average Bonchev–Trinajstić information content (AvgIpc) is 3.46. The Morgan fingerprint density at radius 1 is 1.03 bits per heavy atom. The number of hydrogen-bond donors (Lipinski definition) is 0. The number of nitro benzene ring substituents is 1. The molecule has 2 aliphatic carbocycles. The second-order valence-electron chi connectivity index (χ2n) is 8.22. The van der Waals surface area contributed by atoms with Gasteiger partial charge in [0.15, 0.2) is 0 Å². The second kappa shape index (κ2) is 7.56. The molecule has 1 heterocycles. The van der Waals surface area contributed by atoms with Gasteiger partial charge in [-0.2, -0.15) is 5.01 Å². The van der Waals surface area contributed by atoms with Gasteiger partial charge in [-0.1, -0.05) is 54.1 Å². The van der Waals surface area contributed by atoms with Crippen molar-refractivity contribution in [3.63, 3.8) is 0 Å². The molecule has 0 unspecified atom stereocenters. The first kappa shape index (κ1) is 20.4. The molecule has 0 aromatic heterocycles. The SMILES string of the molecule is O=C(c1ccccc1Cl)N(Cc1ccccc1[N+](=O)[O-])N1C(=O)[C@H]2[C@H](C1=O)[C@H]1C=C[C@H]2C1. The third-order valence-electron chi connectivity index (χ3n) is 6.54. The molecule has 9 heteroatoms. The molecule has 2 aromatic carbocycles. The number of nitro groups is 1. The van der Waals surface area contributed by atoms with Gasteiger partial charge in [0.25, 0.3) is 23.4 Å². The molecule has 5 rings (SSSR count). The highest BCUT2D eigenvalue weighted by Gasteiger charge is 2.61. The summed E-state index contributed by atoms with van der Waals surface area (Å²) < 4.78 is 0. The first-order valence-electron chi connectivity index (χ1n) is 10.2. The highest BCUT2D eigenvalue weighted by Crippen LogP contribution is 2.53. The number of halogens is 1. The number of para-hydroxylation sites is 1. The van der Waals surface area contributed by atoms with E-state index in [1.165, 1.54) is 30.3 Å². The Hall–Kier alpha value is -3.52. The third kappa shape index (κ3) is 3.02. The summed E-state index contributed by atoms with van der Waals surface area (Å²) in [6, 6.07) is 12.2. The summed E-state index contributed by atoms with van der Waals surface area (Å²) >= 11 is 6.23. The van der Waals surface area contributed by atoms with E-state index in [4.69, 9.17) is 11.6 Å². The van der Waals surface area contributed by atoms with Crippen LogP contribution in [0.3, 0.4) is 0 Å².